The van der Waals surface area contributed by atoms with Crippen molar-refractivity contribution in [3.8, 4) is 5.75 Å². The highest BCUT2D eigenvalue weighted by Gasteiger charge is 2.17. The summed E-state index contributed by atoms with van der Waals surface area (Å²) in [5, 5.41) is 1.14. The highest BCUT2D eigenvalue weighted by atomic mass is 16.5. The summed E-state index contributed by atoms with van der Waals surface area (Å²) in [6, 6.07) is 10.3. The predicted molar refractivity (Wildman–Crippen MR) is 153 cm³/mol. The van der Waals surface area contributed by atoms with E-state index in [1.165, 1.54) is 109 Å². The Labute approximate surface area is 222 Å². The highest BCUT2D eigenvalue weighted by molar-refractivity contribution is 5.84. The summed E-state index contributed by atoms with van der Waals surface area (Å²) < 4.78 is 8.16. The van der Waals surface area contributed by atoms with Crippen LogP contribution in [0.5, 0.6) is 5.75 Å². The smallest absolute Gasteiger partial charge is 0.311 e. The number of nitrogens with zero attached hydrogens (tertiary/aromatic N) is 1. The molecule has 2 aromatic rings. The number of benzene rings is 1. The van der Waals surface area contributed by atoms with Crippen LogP contribution in [0.15, 0.2) is 36.5 Å². The Bertz CT molecular complexity index is 826. The second-order valence-electron chi connectivity index (χ2n) is 10.6. The van der Waals surface area contributed by atoms with Crippen molar-refractivity contribution in [2.75, 3.05) is 0 Å². The van der Waals surface area contributed by atoms with Gasteiger partial charge in [0.15, 0.2) is 6.20 Å². The fraction of sp³-hybridized carbons (Fsp3) is 0.697. The third-order valence-electron chi connectivity index (χ3n) is 7.32. The molecule has 0 radical (unpaired) electrons. The molecular formula is C33H54NO2+. The molecular weight excluding hydrogens is 442 g/mol. The summed E-state index contributed by atoms with van der Waals surface area (Å²) in [6.07, 6.45) is 27.3. The highest BCUT2D eigenvalue weighted by Crippen LogP contribution is 2.23. The van der Waals surface area contributed by atoms with Crippen LogP contribution in [-0.2, 0) is 11.3 Å². The van der Waals surface area contributed by atoms with Crippen LogP contribution in [0.3, 0.4) is 0 Å². The Morgan fingerprint density at radius 1 is 0.639 bits per heavy atom. The molecule has 0 aliphatic heterocycles. The summed E-state index contributed by atoms with van der Waals surface area (Å²) in [4.78, 5) is 12.6. The first-order valence-corrected chi connectivity index (χ1v) is 15.4. The molecule has 3 nitrogen and oxygen atoms in total. The molecule has 1 heterocycles. The molecule has 0 aliphatic carbocycles. The first kappa shape index (κ1) is 30.3. The minimum Gasteiger partial charge on any atom is -0.419 e. The zero-order valence-electron chi connectivity index (χ0n) is 23.6. The Hall–Kier alpha value is -1.90. The Kier molecular flexibility index (Phi) is 17.0. The molecule has 3 heteroatoms. The van der Waals surface area contributed by atoms with E-state index in [1.54, 1.807) is 0 Å². The Morgan fingerprint density at radius 3 is 1.72 bits per heavy atom. The van der Waals surface area contributed by atoms with E-state index in [1.807, 2.05) is 12.1 Å². The van der Waals surface area contributed by atoms with Crippen LogP contribution >= 0.6 is 0 Å². The van der Waals surface area contributed by atoms with Crippen molar-refractivity contribution < 1.29 is 14.1 Å². The second-order valence-corrected chi connectivity index (χ2v) is 10.6. The number of ether oxygens (including phenoxy) is 1. The molecule has 0 saturated carbocycles. The fourth-order valence-corrected chi connectivity index (χ4v) is 5.10. The number of aryl methyl sites for hydroxylation is 1. The normalized spacial score (nSPS) is 11.3. The van der Waals surface area contributed by atoms with Crippen molar-refractivity contribution in [3.63, 3.8) is 0 Å². The van der Waals surface area contributed by atoms with Gasteiger partial charge in [-0.1, -0.05) is 123 Å². The number of carbonyl (C=O) groups is 1. The third-order valence-corrected chi connectivity index (χ3v) is 7.32. The van der Waals surface area contributed by atoms with Gasteiger partial charge < -0.3 is 4.74 Å². The predicted octanol–water partition coefficient (Wildman–Crippen LogP) is 9.87. The van der Waals surface area contributed by atoms with E-state index in [0.717, 1.165) is 30.3 Å². The average molecular weight is 497 g/mol. The number of unbranched alkanes of at least 4 members (excludes halogenated alkanes) is 17. The van der Waals surface area contributed by atoms with Crippen LogP contribution in [0.1, 0.15) is 142 Å². The van der Waals surface area contributed by atoms with Crippen LogP contribution in [0.25, 0.3) is 10.9 Å². The van der Waals surface area contributed by atoms with Crippen molar-refractivity contribution in [2.45, 2.75) is 149 Å². The molecule has 0 unspecified atom stereocenters. The lowest BCUT2D eigenvalue weighted by molar-refractivity contribution is -0.672. The van der Waals surface area contributed by atoms with E-state index < -0.39 is 0 Å². The van der Waals surface area contributed by atoms with Gasteiger partial charge >= 0.3 is 5.97 Å². The molecule has 0 fully saturated rings. The quantitative estimate of drug-likeness (QED) is 0.0702. The van der Waals surface area contributed by atoms with Crippen molar-refractivity contribution in [1.82, 2.24) is 0 Å². The maximum Gasteiger partial charge on any atom is 0.311 e. The van der Waals surface area contributed by atoms with E-state index in [0.29, 0.717) is 12.2 Å². The first-order valence-electron chi connectivity index (χ1n) is 15.4. The van der Waals surface area contributed by atoms with Crippen LogP contribution in [0.4, 0.5) is 0 Å². The number of carbonyl (C=O) groups excluding carboxylic acids is 1. The first-order chi connectivity index (χ1) is 17.8. The molecule has 36 heavy (non-hydrogen) atoms. The SMILES string of the molecule is CCCCCCCCCCCCCC(=O)Oc1cccc2ccc[n+](CCCCCCCCCC)c12. The molecule has 0 atom stereocenters. The van der Waals surface area contributed by atoms with Crippen LogP contribution < -0.4 is 9.30 Å². The van der Waals surface area contributed by atoms with Crippen LogP contribution in [0.2, 0.25) is 0 Å². The van der Waals surface area contributed by atoms with Crippen molar-refractivity contribution >= 4 is 16.9 Å². The number of para-hydroxylation sites is 1. The number of fused-ring (bicyclic) bond motifs is 1. The van der Waals surface area contributed by atoms with Crippen molar-refractivity contribution in [3.05, 3.63) is 36.5 Å². The molecule has 2 rings (SSSR count). The largest absolute Gasteiger partial charge is 0.419 e. The number of rotatable bonds is 22. The molecule has 1 aromatic carbocycles. The van der Waals surface area contributed by atoms with Gasteiger partial charge in [-0.2, -0.15) is 4.57 Å². The number of hydrogen-bond acceptors (Lipinski definition) is 2. The van der Waals surface area contributed by atoms with E-state index in [4.69, 9.17) is 4.74 Å². The molecule has 1 aromatic heterocycles. The number of esters is 1. The van der Waals surface area contributed by atoms with Gasteiger partial charge in [-0.3, -0.25) is 4.79 Å². The zero-order valence-corrected chi connectivity index (χ0v) is 23.6. The molecule has 0 aliphatic rings. The summed E-state index contributed by atoms with van der Waals surface area (Å²) in [5.74, 6) is 0.613. The number of hydrogen-bond donors (Lipinski definition) is 0. The standard InChI is InChI=1S/C33H54NO2/c1-3-5-7-9-11-13-14-15-16-18-20-27-32(35)36-31-26-22-24-30-25-23-29-34(33(30)31)28-21-19-17-12-10-8-6-4-2/h22-26,29H,3-21,27-28H2,1-2H3/q+1. The van der Waals surface area contributed by atoms with E-state index in [9.17, 15) is 4.79 Å². The Morgan fingerprint density at radius 2 is 1.14 bits per heavy atom. The minimum atomic E-state index is -0.0964. The number of aromatic nitrogens is 1. The zero-order chi connectivity index (χ0) is 25.7. The van der Waals surface area contributed by atoms with Crippen molar-refractivity contribution in [2.24, 2.45) is 0 Å². The summed E-state index contributed by atoms with van der Waals surface area (Å²) >= 11 is 0. The monoisotopic (exact) mass is 496 g/mol. The lowest BCUT2D eigenvalue weighted by Gasteiger charge is -2.08. The van der Waals surface area contributed by atoms with Gasteiger partial charge in [0.05, 0.1) is 5.39 Å². The lowest BCUT2D eigenvalue weighted by Crippen LogP contribution is -2.34. The average Bonchev–Trinajstić information content (AvgIpc) is 2.89. The molecule has 0 amide bonds. The molecule has 0 N–H and O–H groups in total. The van der Waals surface area contributed by atoms with E-state index >= 15 is 0 Å². The van der Waals surface area contributed by atoms with E-state index in [2.05, 4.69) is 42.8 Å². The maximum atomic E-state index is 12.6. The molecule has 0 bridgehead atoms. The molecule has 0 spiro atoms. The van der Waals surface area contributed by atoms with Gasteiger partial charge in [-0.05, 0) is 31.0 Å². The van der Waals surface area contributed by atoms with Crippen LogP contribution in [0, 0.1) is 0 Å². The van der Waals surface area contributed by atoms with Gasteiger partial charge in [0.1, 0.15) is 6.54 Å². The van der Waals surface area contributed by atoms with Gasteiger partial charge in [0.25, 0.3) is 5.52 Å². The second kappa shape index (κ2) is 20.2. The van der Waals surface area contributed by atoms with E-state index in [-0.39, 0.29) is 5.97 Å². The summed E-state index contributed by atoms with van der Waals surface area (Å²) in [6.45, 7) is 5.51. The summed E-state index contributed by atoms with van der Waals surface area (Å²) in [5.41, 5.74) is 1.05. The Balaban J connectivity index is 1.69. The minimum absolute atomic E-state index is 0.0964. The van der Waals surface area contributed by atoms with Crippen molar-refractivity contribution in [1.29, 1.82) is 0 Å². The number of pyridine rings is 1. The fourth-order valence-electron chi connectivity index (χ4n) is 5.10. The van der Waals surface area contributed by atoms with Gasteiger partial charge in [-0.15, -0.1) is 0 Å². The topological polar surface area (TPSA) is 30.2 Å². The molecule has 0 saturated heterocycles. The maximum absolute atomic E-state index is 12.6. The van der Waals surface area contributed by atoms with Gasteiger partial charge in [0.2, 0.25) is 5.75 Å². The lowest BCUT2D eigenvalue weighted by atomic mass is 10.1. The third kappa shape index (κ3) is 12.9. The molecule has 202 valence electrons. The van der Waals surface area contributed by atoms with Gasteiger partial charge in [0, 0.05) is 18.9 Å². The van der Waals surface area contributed by atoms with Crippen LogP contribution in [-0.4, -0.2) is 5.97 Å². The summed E-state index contributed by atoms with van der Waals surface area (Å²) in [7, 11) is 0. The van der Waals surface area contributed by atoms with Gasteiger partial charge in [-0.25, -0.2) is 0 Å².